The van der Waals surface area contributed by atoms with Crippen molar-refractivity contribution in [2.75, 3.05) is 19.6 Å². The van der Waals surface area contributed by atoms with Crippen molar-refractivity contribution in [2.45, 2.75) is 123 Å². The number of carbonyl (C=O) groups excluding carboxylic acids is 2. The molecule has 0 radical (unpaired) electrons. The summed E-state index contributed by atoms with van der Waals surface area (Å²) in [7, 11) is -2.06. The molecule has 2 heterocycles. The first-order chi connectivity index (χ1) is 15.2. The first-order valence-corrected chi connectivity index (χ1v) is 15.4. The van der Waals surface area contributed by atoms with E-state index in [2.05, 4.69) is 33.9 Å². The van der Waals surface area contributed by atoms with Crippen LogP contribution in [0.4, 0.5) is 9.59 Å². The minimum Gasteiger partial charge on any atom is -0.444 e. The van der Waals surface area contributed by atoms with Crippen LogP contribution in [0.5, 0.6) is 0 Å². The molecule has 0 aromatic carbocycles. The highest BCUT2D eigenvalue weighted by Gasteiger charge is 2.48. The molecular formula is C25H48N2O6Si. The van der Waals surface area contributed by atoms with Gasteiger partial charge in [-0.1, -0.05) is 20.8 Å². The van der Waals surface area contributed by atoms with Gasteiger partial charge in [-0.2, -0.15) is 0 Å². The second-order valence-electron chi connectivity index (χ2n) is 13.4. The van der Waals surface area contributed by atoms with E-state index in [0.29, 0.717) is 32.5 Å². The lowest BCUT2D eigenvalue weighted by molar-refractivity contribution is -0.00800. The molecule has 2 aliphatic rings. The van der Waals surface area contributed by atoms with Gasteiger partial charge in [0, 0.05) is 25.6 Å². The van der Waals surface area contributed by atoms with Gasteiger partial charge < -0.3 is 23.9 Å². The van der Waals surface area contributed by atoms with Crippen LogP contribution in [0.3, 0.4) is 0 Å². The maximum absolute atomic E-state index is 13.1. The Bertz CT molecular complexity index is 737. The minimum atomic E-state index is -2.06. The van der Waals surface area contributed by atoms with Crippen molar-refractivity contribution in [1.82, 2.24) is 9.80 Å². The molecule has 1 N–H and O–H groups in total. The van der Waals surface area contributed by atoms with Gasteiger partial charge in [-0.3, -0.25) is 4.90 Å². The molecule has 2 amide bonds. The molecule has 2 aliphatic heterocycles. The summed E-state index contributed by atoms with van der Waals surface area (Å²) >= 11 is 0. The van der Waals surface area contributed by atoms with Crippen LogP contribution >= 0.6 is 0 Å². The first-order valence-electron chi connectivity index (χ1n) is 12.5. The van der Waals surface area contributed by atoms with Crippen LogP contribution in [-0.2, 0) is 13.9 Å². The largest absolute Gasteiger partial charge is 0.444 e. The highest BCUT2D eigenvalue weighted by Crippen LogP contribution is 2.40. The van der Waals surface area contributed by atoms with Gasteiger partial charge in [0.2, 0.25) is 0 Å². The number of hydrogen-bond acceptors (Lipinski definition) is 6. The van der Waals surface area contributed by atoms with E-state index in [4.69, 9.17) is 13.9 Å². The van der Waals surface area contributed by atoms with Gasteiger partial charge in [0.25, 0.3) is 0 Å². The lowest BCUT2D eigenvalue weighted by Crippen LogP contribution is -2.48. The zero-order valence-electron chi connectivity index (χ0n) is 23.2. The predicted molar refractivity (Wildman–Crippen MR) is 135 cm³/mol. The third-order valence-corrected chi connectivity index (χ3v) is 11.5. The van der Waals surface area contributed by atoms with Crippen LogP contribution in [0.2, 0.25) is 18.1 Å². The summed E-state index contributed by atoms with van der Waals surface area (Å²) in [6.45, 7) is 23.3. The summed E-state index contributed by atoms with van der Waals surface area (Å²) < 4.78 is 17.8. The maximum Gasteiger partial charge on any atom is 0.410 e. The molecule has 0 aromatic rings. The van der Waals surface area contributed by atoms with Crippen LogP contribution in [0.1, 0.15) is 75.2 Å². The summed E-state index contributed by atoms with van der Waals surface area (Å²) in [5.41, 5.74) is -1.20. The molecule has 0 aliphatic carbocycles. The average molecular weight is 501 g/mol. The van der Waals surface area contributed by atoms with E-state index >= 15 is 0 Å². The van der Waals surface area contributed by atoms with Crippen LogP contribution in [-0.4, -0.2) is 84.5 Å². The van der Waals surface area contributed by atoms with Crippen LogP contribution in [0.15, 0.2) is 0 Å². The Kier molecular flexibility index (Phi) is 8.48. The molecular weight excluding hydrogens is 452 g/mol. The Morgan fingerprint density at radius 3 is 1.94 bits per heavy atom. The third kappa shape index (κ3) is 7.59. The lowest BCUT2D eigenvalue weighted by atomic mass is 9.93. The van der Waals surface area contributed by atoms with E-state index in [9.17, 15) is 14.7 Å². The molecule has 0 spiro atoms. The van der Waals surface area contributed by atoms with Gasteiger partial charge in [0.15, 0.2) is 8.32 Å². The Morgan fingerprint density at radius 2 is 1.44 bits per heavy atom. The van der Waals surface area contributed by atoms with Gasteiger partial charge in [0.1, 0.15) is 11.2 Å². The van der Waals surface area contributed by atoms with Crippen molar-refractivity contribution >= 4 is 20.5 Å². The highest BCUT2D eigenvalue weighted by molar-refractivity contribution is 6.74. The van der Waals surface area contributed by atoms with Crippen LogP contribution in [0.25, 0.3) is 0 Å². The lowest BCUT2D eigenvalue weighted by Gasteiger charge is -2.38. The average Bonchev–Trinajstić information content (AvgIpc) is 3.24. The minimum absolute atomic E-state index is 0.0415. The third-order valence-electron chi connectivity index (χ3n) is 6.95. The van der Waals surface area contributed by atoms with Crippen molar-refractivity contribution in [1.29, 1.82) is 0 Å². The summed E-state index contributed by atoms with van der Waals surface area (Å²) in [5, 5.41) is 11.4. The first kappa shape index (κ1) is 28.9. The monoisotopic (exact) mass is 500 g/mol. The quantitative estimate of drug-likeness (QED) is 0.546. The number of aliphatic hydroxyl groups excluding tert-OH is 1. The van der Waals surface area contributed by atoms with Gasteiger partial charge in [-0.25, -0.2) is 9.59 Å². The molecule has 8 nitrogen and oxygen atoms in total. The van der Waals surface area contributed by atoms with E-state index in [-0.39, 0.29) is 23.2 Å². The molecule has 2 unspecified atom stereocenters. The van der Waals surface area contributed by atoms with Crippen molar-refractivity contribution < 1.29 is 28.6 Å². The molecule has 0 bridgehead atoms. The van der Waals surface area contributed by atoms with Crippen LogP contribution in [0, 0.1) is 5.92 Å². The fourth-order valence-corrected chi connectivity index (χ4v) is 5.59. The maximum atomic E-state index is 13.1. The normalized spacial score (nSPS) is 25.5. The zero-order chi connectivity index (χ0) is 26.3. The summed E-state index contributed by atoms with van der Waals surface area (Å²) in [5.74, 6) is -0.144. The highest BCUT2D eigenvalue weighted by atomic mass is 28.4. The Labute approximate surface area is 207 Å². The summed E-state index contributed by atoms with van der Waals surface area (Å²) in [6.07, 6.45) is -0.524. The van der Waals surface area contributed by atoms with Gasteiger partial charge >= 0.3 is 12.2 Å². The number of aliphatic hydroxyl groups is 1. The zero-order valence-corrected chi connectivity index (χ0v) is 24.2. The van der Waals surface area contributed by atoms with E-state index in [1.807, 2.05) is 41.5 Å². The molecule has 9 heteroatoms. The second-order valence-corrected chi connectivity index (χ2v) is 18.2. The Morgan fingerprint density at radius 1 is 0.912 bits per heavy atom. The number of amides is 2. The van der Waals surface area contributed by atoms with Gasteiger partial charge in [0.05, 0.1) is 18.2 Å². The Hall–Kier alpha value is -1.32. The summed E-state index contributed by atoms with van der Waals surface area (Å²) in [6, 6.07) is -0.423. The molecule has 0 saturated carbocycles. The van der Waals surface area contributed by atoms with Gasteiger partial charge in [-0.05, 0) is 72.5 Å². The van der Waals surface area contributed by atoms with E-state index in [0.717, 1.165) is 0 Å². The number of nitrogens with zero attached hydrogens (tertiary/aromatic N) is 2. The number of carbonyl (C=O) groups is 2. The molecule has 4 atom stereocenters. The number of likely N-dealkylation sites (tertiary alicyclic amines) is 2. The second kappa shape index (κ2) is 9.97. The van der Waals surface area contributed by atoms with E-state index in [1.165, 1.54) is 0 Å². The van der Waals surface area contributed by atoms with Crippen LogP contribution < -0.4 is 0 Å². The van der Waals surface area contributed by atoms with Crippen molar-refractivity contribution in [3.8, 4) is 0 Å². The molecule has 0 aromatic heterocycles. The molecule has 2 fully saturated rings. The van der Waals surface area contributed by atoms with Crippen molar-refractivity contribution in [3.63, 3.8) is 0 Å². The van der Waals surface area contributed by atoms with Gasteiger partial charge in [-0.15, -0.1) is 0 Å². The van der Waals surface area contributed by atoms with E-state index < -0.39 is 37.8 Å². The SMILES string of the molecule is CC(C)(C)OC(=O)N1CCC(C(O)[C@@H]2C[C@@H](O[Si](C)(C)C(C)(C)C)CN2C(=O)OC(C)(C)C)C1. The standard InChI is InChI=1S/C25H48N2O6Si/c1-23(2,3)31-21(29)26-13-12-17(15-26)20(28)19-14-18(33-34(10,11)25(7,8)9)16-27(19)22(30)32-24(4,5)6/h17-20,28H,12-16H2,1-11H3/t17?,18-,19+,20?/m1/s1. The number of rotatable bonds is 4. The number of hydrogen-bond donors (Lipinski definition) is 1. The molecule has 34 heavy (non-hydrogen) atoms. The molecule has 198 valence electrons. The smallest absolute Gasteiger partial charge is 0.410 e. The predicted octanol–water partition coefficient (Wildman–Crippen LogP) is 5.00. The fraction of sp³-hybridized carbons (Fsp3) is 0.920. The summed E-state index contributed by atoms with van der Waals surface area (Å²) in [4.78, 5) is 28.9. The van der Waals surface area contributed by atoms with Crippen molar-refractivity contribution in [3.05, 3.63) is 0 Å². The topological polar surface area (TPSA) is 88.5 Å². The fourth-order valence-electron chi connectivity index (χ4n) is 4.23. The number of ether oxygens (including phenoxy) is 2. The molecule has 2 rings (SSSR count). The van der Waals surface area contributed by atoms with Crippen molar-refractivity contribution in [2.24, 2.45) is 5.92 Å². The van der Waals surface area contributed by atoms with E-state index in [1.54, 1.807) is 9.80 Å². The Balaban J connectivity index is 2.16. The molecule has 2 saturated heterocycles.